The van der Waals surface area contributed by atoms with E-state index in [0.29, 0.717) is 62.6 Å². The van der Waals surface area contributed by atoms with Gasteiger partial charge in [0, 0.05) is 23.4 Å². The summed E-state index contributed by atoms with van der Waals surface area (Å²) in [6, 6.07) is 1.87. The van der Waals surface area contributed by atoms with Crippen LogP contribution >= 0.6 is 11.8 Å². The van der Waals surface area contributed by atoms with Gasteiger partial charge in [0.2, 0.25) is 11.1 Å². The molecule has 7 rings (SSSR count). The lowest BCUT2D eigenvalue weighted by molar-refractivity contribution is -0.230. The first-order valence-electron chi connectivity index (χ1n) is 15.3. The van der Waals surface area contributed by atoms with Gasteiger partial charge in [-0.15, -0.1) is 0 Å². The molecule has 1 aliphatic heterocycles. The van der Waals surface area contributed by atoms with Gasteiger partial charge in [0.1, 0.15) is 11.7 Å². The molecule has 0 spiro atoms. The van der Waals surface area contributed by atoms with Crippen molar-refractivity contribution in [3.05, 3.63) is 47.3 Å². The van der Waals surface area contributed by atoms with E-state index in [4.69, 9.17) is 9.47 Å². The summed E-state index contributed by atoms with van der Waals surface area (Å²) < 4.78 is 58.4. The molecule has 8 atom stereocenters. The van der Waals surface area contributed by atoms with Crippen molar-refractivity contribution in [2.45, 2.75) is 88.7 Å². The summed E-state index contributed by atoms with van der Waals surface area (Å²) in [5.41, 5.74) is -2.86. The van der Waals surface area contributed by atoms with Gasteiger partial charge in [0.15, 0.2) is 11.7 Å². The lowest BCUT2D eigenvalue weighted by Crippen LogP contribution is -2.70. The molecular weight excluding hydrogens is 595 g/mol. The number of aliphatic hydroxyl groups excluding tert-OH is 1. The Balaban J connectivity index is 1.25. The van der Waals surface area contributed by atoms with Crippen molar-refractivity contribution >= 4 is 28.9 Å². The first-order valence-corrected chi connectivity index (χ1v) is 16.3. The predicted octanol–water partition coefficient (Wildman–Crippen LogP) is 5.30. The fourth-order valence-corrected chi connectivity index (χ4v) is 10.2. The number of pyridine rings is 1. The lowest BCUT2D eigenvalue weighted by atomic mass is 9.44. The van der Waals surface area contributed by atoms with Crippen LogP contribution in [-0.4, -0.2) is 67.0 Å². The van der Waals surface area contributed by atoms with Crippen molar-refractivity contribution in [2.75, 3.05) is 12.6 Å². The summed E-state index contributed by atoms with van der Waals surface area (Å²) in [6.07, 6.45) is 5.65. The molecule has 44 heavy (non-hydrogen) atoms. The topological polar surface area (TPSA) is 104 Å². The highest BCUT2D eigenvalue weighted by Crippen LogP contribution is 2.71. The molecule has 12 heteroatoms. The predicted molar refractivity (Wildman–Crippen MR) is 155 cm³/mol. The van der Waals surface area contributed by atoms with E-state index in [1.165, 1.54) is 12.3 Å². The Hall–Kier alpha value is -2.70. The first kappa shape index (κ1) is 30.0. The summed E-state index contributed by atoms with van der Waals surface area (Å²) in [6.45, 7) is 4.08. The Bertz CT molecular complexity index is 1530. The van der Waals surface area contributed by atoms with Crippen molar-refractivity contribution in [2.24, 2.45) is 22.7 Å². The molecule has 4 aliphatic carbocycles. The number of hydrogen-bond donors (Lipinski definition) is 1. The largest absolute Gasteiger partial charge is 0.448 e. The van der Waals surface area contributed by atoms with E-state index in [2.05, 4.69) is 10.1 Å². The fraction of sp³-hybridized carbons (Fsp3) is 0.625. The zero-order valence-corrected chi connectivity index (χ0v) is 25.5. The number of alkyl halides is 2. The van der Waals surface area contributed by atoms with Gasteiger partial charge in [-0.25, -0.2) is 23.2 Å². The third kappa shape index (κ3) is 3.98. The van der Waals surface area contributed by atoms with E-state index in [1.54, 1.807) is 23.9 Å². The maximum atomic E-state index is 18.1. The Morgan fingerprint density at radius 1 is 1.20 bits per heavy atom. The van der Waals surface area contributed by atoms with E-state index < -0.39 is 63.3 Å². The monoisotopic (exact) mass is 631 g/mol. The third-order valence-electron chi connectivity index (χ3n) is 11.6. The Kier molecular flexibility index (Phi) is 7.10. The number of halogens is 3. The zero-order chi connectivity index (χ0) is 31.1. The molecule has 0 radical (unpaired) electrons. The number of allylic oxidation sites excluding steroid dienone is 1. The van der Waals surface area contributed by atoms with Crippen molar-refractivity contribution in [3.8, 4) is 5.69 Å². The van der Waals surface area contributed by atoms with Crippen molar-refractivity contribution in [3.63, 3.8) is 0 Å². The molecule has 3 heterocycles. The average molecular weight is 632 g/mol. The van der Waals surface area contributed by atoms with Gasteiger partial charge in [-0.2, -0.15) is 9.49 Å². The highest BCUT2D eigenvalue weighted by atomic mass is 32.2. The molecule has 0 bridgehead atoms. The van der Waals surface area contributed by atoms with E-state index in [-0.39, 0.29) is 18.8 Å². The number of rotatable bonds is 5. The molecule has 0 unspecified atom stereocenters. The third-order valence-corrected chi connectivity index (χ3v) is 12.3. The standard InChI is InChI=1S/C32H36F3N3O5S/c1-29-13-18-15-37-38(20-6-8-26(34)36-16-20)23(18)12-19(29)5-7-22-21-9-10-31(28(41)44-17-33,43-27(40)24-4-3-11-42-24)30(21,2)14-25(39)32(22,29)35/h6,8,12,15-16,21-22,24-25,39H,3-5,7,9-11,13-14,17H2,1-2H3/t21-,22-,24+,25-,29-,30-,31-,32-/m0/s1. The van der Waals surface area contributed by atoms with Gasteiger partial charge in [-0.1, -0.05) is 19.4 Å². The zero-order valence-electron chi connectivity index (χ0n) is 24.7. The first-order chi connectivity index (χ1) is 21.0. The average Bonchev–Trinajstić information content (AvgIpc) is 3.73. The van der Waals surface area contributed by atoms with Crippen LogP contribution in [0, 0.1) is 28.6 Å². The number of aliphatic hydroxyl groups is 1. The van der Waals surface area contributed by atoms with E-state index >= 15 is 4.39 Å². The van der Waals surface area contributed by atoms with Crippen LogP contribution < -0.4 is 0 Å². The molecule has 1 saturated heterocycles. The number of carbonyl (C=O) groups excluding carboxylic acids is 2. The van der Waals surface area contributed by atoms with Gasteiger partial charge in [0.25, 0.3) is 0 Å². The van der Waals surface area contributed by atoms with Crippen LogP contribution in [0.3, 0.4) is 0 Å². The highest BCUT2D eigenvalue weighted by molar-refractivity contribution is 8.13. The molecule has 4 fully saturated rings. The fourth-order valence-electron chi connectivity index (χ4n) is 9.45. The molecule has 2 aromatic heterocycles. The van der Waals surface area contributed by atoms with Crippen LogP contribution in [0.5, 0.6) is 0 Å². The maximum Gasteiger partial charge on any atom is 0.336 e. The Morgan fingerprint density at radius 2 is 2.02 bits per heavy atom. The molecule has 1 N–H and O–H groups in total. The Morgan fingerprint density at radius 3 is 2.73 bits per heavy atom. The van der Waals surface area contributed by atoms with Crippen LogP contribution in [0.1, 0.15) is 70.1 Å². The number of carbonyl (C=O) groups is 2. The minimum Gasteiger partial charge on any atom is -0.448 e. The number of nitrogens with zero attached hydrogens (tertiary/aromatic N) is 3. The minimum atomic E-state index is -2.04. The van der Waals surface area contributed by atoms with Crippen molar-refractivity contribution < 1.29 is 37.3 Å². The van der Waals surface area contributed by atoms with E-state index in [9.17, 15) is 23.5 Å². The summed E-state index contributed by atoms with van der Waals surface area (Å²) in [4.78, 5) is 30.7. The Labute approximate surface area is 257 Å². The number of fused-ring (bicyclic) bond motifs is 6. The maximum absolute atomic E-state index is 18.1. The molecule has 236 valence electrons. The number of ether oxygens (including phenoxy) is 2. The van der Waals surface area contributed by atoms with E-state index in [1.807, 2.05) is 13.0 Å². The molecular formula is C32H36F3N3O5S. The second kappa shape index (κ2) is 10.4. The second-order valence-corrected chi connectivity index (χ2v) is 14.3. The van der Waals surface area contributed by atoms with Crippen LogP contribution in [-0.2, 0) is 25.5 Å². The highest BCUT2D eigenvalue weighted by Gasteiger charge is 2.76. The number of thioether (sulfide) groups is 1. The van der Waals surface area contributed by atoms with Crippen LogP contribution in [0.15, 0.2) is 30.1 Å². The molecule has 0 aromatic carbocycles. The molecule has 5 aliphatic rings. The normalized spacial score (nSPS) is 39.1. The number of esters is 1. The van der Waals surface area contributed by atoms with Crippen LogP contribution in [0.4, 0.5) is 13.2 Å². The summed E-state index contributed by atoms with van der Waals surface area (Å²) >= 11 is 0.464. The van der Waals surface area contributed by atoms with Gasteiger partial charge in [-0.05, 0) is 92.8 Å². The molecule has 3 saturated carbocycles. The lowest BCUT2D eigenvalue weighted by Gasteiger charge is -2.63. The minimum absolute atomic E-state index is 0.113. The summed E-state index contributed by atoms with van der Waals surface area (Å²) in [5.74, 6) is -2.26. The molecule has 0 amide bonds. The molecule has 8 nitrogen and oxygen atoms in total. The van der Waals surface area contributed by atoms with E-state index in [0.717, 1.165) is 16.8 Å². The van der Waals surface area contributed by atoms with Gasteiger partial charge < -0.3 is 14.6 Å². The van der Waals surface area contributed by atoms with Gasteiger partial charge >= 0.3 is 5.97 Å². The van der Waals surface area contributed by atoms with Crippen molar-refractivity contribution in [1.82, 2.24) is 14.8 Å². The number of hydrogen-bond acceptors (Lipinski definition) is 8. The smallest absolute Gasteiger partial charge is 0.336 e. The second-order valence-electron chi connectivity index (χ2n) is 13.5. The van der Waals surface area contributed by atoms with Crippen molar-refractivity contribution in [1.29, 1.82) is 0 Å². The summed E-state index contributed by atoms with van der Waals surface area (Å²) in [7, 11) is 0. The van der Waals surface area contributed by atoms with Crippen LogP contribution in [0.25, 0.3) is 11.8 Å². The SMILES string of the molecule is C[C@]12Cc3cnn(-c4ccc(F)nc4)c3C=C1CC[C@H]1[C@@H]3CC[C@](OC(=O)[C@H]4CCCO4)(C(=O)SCF)[C@@]3(C)C[C@H](O)[C@@]12F. The van der Waals surface area contributed by atoms with Gasteiger partial charge in [0.05, 0.1) is 29.9 Å². The van der Waals surface area contributed by atoms with Gasteiger partial charge in [-0.3, -0.25) is 4.79 Å². The van der Waals surface area contributed by atoms with Crippen LogP contribution in [0.2, 0.25) is 0 Å². The number of aromatic nitrogens is 3. The quantitative estimate of drug-likeness (QED) is 0.351. The molecule has 2 aromatic rings. The summed E-state index contributed by atoms with van der Waals surface area (Å²) in [5, 5.41) is 15.8.